The van der Waals surface area contributed by atoms with E-state index in [1.165, 1.54) is 0 Å². The summed E-state index contributed by atoms with van der Waals surface area (Å²) in [7, 11) is 0. The Bertz CT molecular complexity index is 587. The van der Waals surface area contributed by atoms with Gasteiger partial charge in [0.25, 0.3) is 5.91 Å². The minimum atomic E-state index is -0.0992. The molecule has 3 N–H and O–H groups in total. The van der Waals surface area contributed by atoms with Crippen LogP contribution in [0.2, 0.25) is 0 Å². The molecule has 0 spiro atoms. The average Bonchev–Trinajstić information content (AvgIpc) is 3.04. The highest BCUT2D eigenvalue weighted by molar-refractivity contribution is 5.97. The largest absolute Gasteiger partial charge is 0.396 e. The third kappa shape index (κ3) is 1.97. The van der Waals surface area contributed by atoms with Crippen LogP contribution in [0.15, 0.2) is 24.4 Å². The van der Waals surface area contributed by atoms with Crippen molar-refractivity contribution in [2.24, 2.45) is 5.41 Å². The predicted octanol–water partition coefficient (Wildman–Crippen LogP) is 1.07. The van der Waals surface area contributed by atoms with Gasteiger partial charge in [-0.3, -0.25) is 9.89 Å². The van der Waals surface area contributed by atoms with Crippen LogP contribution in [0, 0.1) is 5.41 Å². The van der Waals surface area contributed by atoms with Crippen LogP contribution in [0.5, 0.6) is 0 Å². The van der Waals surface area contributed by atoms with E-state index in [9.17, 15) is 9.90 Å². The van der Waals surface area contributed by atoms with Gasteiger partial charge in [0.2, 0.25) is 0 Å². The maximum Gasteiger partial charge on any atom is 0.251 e. The topological polar surface area (TPSA) is 78.0 Å². The summed E-state index contributed by atoms with van der Waals surface area (Å²) in [5.74, 6) is -0.0992. The molecule has 1 aromatic heterocycles. The minimum absolute atomic E-state index is 0.0601. The van der Waals surface area contributed by atoms with Gasteiger partial charge in [-0.1, -0.05) is 0 Å². The van der Waals surface area contributed by atoms with Gasteiger partial charge < -0.3 is 10.4 Å². The van der Waals surface area contributed by atoms with Gasteiger partial charge in [0.15, 0.2) is 0 Å². The van der Waals surface area contributed by atoms with Crippen LogP contribution in [0.25, 0.3) is 10.9 Å². The number of rotatable bonds is 4. The van der Waals surface area contributed by atoms with Crippen molar-refractivity contribution in [3.8, 4) is 0 Å². The van der Waals surface area contributed by atoms with Crippen molar-refractivity contribution in [1.29, 1.82) is 0 Å². The second-order valence-corrected chi connectivity index (χ2v) is 5.01. The molecule has 1 saturated carbocycles. The zero-order valence-corrected chi connectivity index (χ0v) is 9.94. The number of fused-ring (bicyclic) bond motifs is 1. The molecule has 1 aliphatic carbocycles. The molecule has 1 heterocycles. The van der Waals surface area contributed by atoms with Crippen molar-refractivity contribution in [3.05, 3.63) is 30.0 Å². The SMILES string of the molecule is O=C(NCC1(CO)CC1)c1ccc2[nH]ncc2c1. The van der Waals surface area contributed by atoms with Crippen LogP contribution in [-0.4, -0.2) is 34.4 Å². The first-order chi connectivity index (χ1) is 8.72. The van der Waals surface area contributed by atoms with Crippen LogP contribution >= 0.6 is 0 Å². The van der Waals surface area contributed by atoms with E-state index in [1.54, 1.807) is 12.3 Å². The Hall–Kier alpha value is -1.88. The molecule has 0 atom stereocenters. The Balaban J connectivity index is 1.71. The molecule has 5 nitrogen and oxygen atoms in total. The van der Waals surface area contributed by atoms with Crippen molar-refractivity contribution in [1.82, 2.24) is 15.5 Å². The molecule has 1 amide bonds. The lowest BCUT2D eigenvalue weighted by molar-refractivity contribution is 0.0935. The second-order valence-electron chi connectivity index (χ2n) is 5.01. The van der Waals surface area contributed by atoms with E-state index in [1.807, 2.05) is 12.1 Å². The van der Waals surface area contributed by atoms with Crippen LogP contribution in [0.3, 0.4) is 0 Å². The van der Waals surface area contributed by atoms with E-state index in [-0.39, 0.29) is 17.9 Å². The van der Waals surface area contributed by atoms with Crippen LogP contribution in [-0.2, 0) is 0 Å². The molecule has 0 radical (unpaired) electrons. The molecule has 0 saturated heterocycles. The summed E-state index contributed by atoms with van der Waals surface area (Å²) < 4.78 is 0. The fourth-order valence-electron chi connectivity index (χ4n) is 2.02. The maximum absolute atomic E-state index is 12.0. The molecule has 0 bridgehead atoms. The number of benzene rings is 1. The summed E-state index contributed by atoms with van der Waals surface area (Å²) in [6, 6.07) is 5.43. The highest BCUT2D eigenvalue weighted by atomic mass is 16.3. The highest BCUT2D eigenvalue weighted by Gasteiger charge is 2.42. The quantitative estimate of drug-likeness (QED) is 0.753. The second kappa shape index (κ2) is 4.10. The summed E-state index contributed by atoms with van der Waals surface area (Å²) >= 11 is 0. The molecule has 94 valence electrons. The Labute approximate surface area is 104 Å². The number of H-pyrrole nitrogens is 1. The smallest absolute Gasteiger partial charge is 0.251 e. The van der Waals surface area contributed by atoms with Crippen molar-refractivity contribution >= 4 is 16.8 Å². The van der Waals surface area contributed by atoms with Crippen molar-refractivity contribution < 1.29 is 9.90 Å². The Morgan fingerprint density at radius 3 is 3.06 bits per heavy atom. The van der Waals surface area contributed by atoms with Gasteiger partial charge in [0, 0.05) is 22.9 Å². The van der Waals surface area contributed by atoms with Gasteiger partial charge in [0.05, 0.1) is 18.3 Å². The first-order valence-electron chi connectivity index (χ1n) is 6.05. The first-order valence-corrected chi connectivity index (χ1v) is 6.05. The predicted molar refractivity (Wildman–Crippen MR) is 67.2 cm³/mol. The lowest BCUT2D eigenvalue weighted by Gasteiger charge is -2.12. The molecule has 2 aromatic rings. The molecule has 3 rings (SSSR count). The maximum atomic E-state index is 12.0. The Morgan fingerprint density at radius 1 is 1.50 bits per heavy atom. The number of aliphatic hydroxyl groups excluding tert-OH is 1. The standard InChI is InChI=1S/C13H15N3O2/c17-8-13(3-4-13)7-14-12(18)9-1-2-11-10(5-9)6-15-16-11/h1-2,5-6,17H,3-4,7-8H2,(H,14,18)(H,15,16). The Morgan fingerprint density at radius 2 is 2.33 bits per heavy atom. The number of nitrogens with one attached hydrogen (secondary N) is 2. The van der Waals surface area contributed by atoms with E-state index in [2.05, 4.69) is 15.5 Å². The third-order valence-corrected chi connectivity index (χ3v) is 3.62. The van der Waals surface area contributed by atoms with Gasteiger partial charge in [-0.15, -0.1) is 0 Å². The number of carbonyl (C=O) groups is 1. The molecule has 5 heteroatoms. The van der Waals surface area contributed by atoms with E-state index in [0.29, 0.717) is 12.1 Å². The Kier molecular flexibility index (Phi) is 2.56. The minimum Gasteiger partial charge on any atom is -0.396 e. The number of aromatic amines is 1. The van der Waals surface area contributed by atoms with Gasteiger partial charge in [-0.2, -0.15) is 5.10 Å². The molecule has 18 heavy (non-hydrogen) atoms. The number of amides is 1. The van der Waals surface area contributed by atoms with Crippen LogP contribution < -0.4 is 5.32 Å². The number of hydrogen-bond acceptors (Lipinski definition) is 3. The molecule has 1 aliphatic rings. The van der Waals surface area contributed by atoms with Gasteiger partial charge in [-0.25, -0.2) is 0 Å². The monoisotopic (exact) mass is 245 g/mol. The summed E-state index contributed by atoms with van der Waals surface area (Å²) in [5.41, 5.74) is 1.48. The number of aliphatic hydroxyl groups is 1. The van der Waals surface area contributed by atoms with Crippen molar-refractivity contribution in [2.75, 3.05) is 13.2 Å². The lowest BCUT2D eigenvalue weighted by atomic mass is 10.1. The molecule has 0 aliphatic heterocycles. The normalized spacial score (nSPS) is 16.7. The number of nitrogens with zero attached hydrogens (tertiary/aromatic N) is 1. The molecule has 0 unspecified atom stereocenters. The fourth-order valence-corrected chi connectivity index (χ4v) is 2.02. The lowest BCUT2D eigenvalue weighted by Crippen LogP contribution is -2.31. The highest BCUT2D eigenvalue weighted by Crippen LogP contribution is 2.44. The van der Waals surface area contributed by atoms with Crippen LogP contribution in [0.4, 0.5) is 0 Å². The third-order valence-electron chi connectivity index (χ3n) is 3.62. The van der Waals surface area contributed by atoms with E-state index in [4.69, 9.17) is 0 Å². The summed E-state index contributed by atoms with van der Waals surface area (Å²) in [6.07, 6.45) is 3.68. The molecular formula is C13H15N3O2. The van der Waals surface area contributed by atoms with Gasteiger partial charge >= 0.3 is 0 Å². The molecule has 1 fully saturated rings. The van der Waals surface area contributed by atoms with E-state index < -0.39 is 0 Å². The van der Waals surface area contributed by atoms with E-state index >= 15 is 0 Å². The molecular weight excluding hydrogens is 230 g/mol. The summed E-state index contributed by atoms with van der Waals surface area (Å²) in [6.45, 7) is 0.694. The fraction of sp³-hybridized carbons (Fsp3) is 0.385. The first kappa shape index (κ1) is 11.2. The van der Waals surface area contributed by atoms with E-state index in [0.717, 1.165) is 23.7 Å². The molecule has 1 aromatic carbocycles. The zero-order chi connectivity index (χ0) is 12.6. The van der Waals surface area contributed by atoms with Crippen molar-refractivity contribution in [2.45, 2.75) is 12.8 Å². The summed E-state index contributed by atoms with van der Waals surface area (Å²) in [4.78, 5) is 12.0. The van der Waals surface area contributed by atoms with Gasteiger partial charge in [-0.05, 0) is 31.0 Å². The van der Waals surface area contributed by atoms with Gasteiger partial charge in [0.1, 0.15) is 0 Å². The number of carbonyl (C=O) groups excluding carboxylic acids is 1. The number of aromatic nitrogens is 2. The average molecular weight is 245 g/mol. The van der Waals surface area contributed by atoms with Crippen molar-refractivity contribution in [3.63, 3.8) is 0 Å². The summed E-state index contributed by atoms with van der Waals surface area (Å²) in [5, 5.41) is 19.8. The number of hydrogen-bond donors (Lipinski definition) is 3. The zero-order valence-electron chi connectivity index (χ0n) is 9.94. The van der Waals surface area contributed by atoms with Crippen LogP contribution in [0.1, 0.15) is 23.2 Å².